The number of carbonyl (C=O) groups is 2. The largest absolute Gasteiger partial charge is 0.493 e. The van der Waals surface area contributed by atoms with E-state index in [9.17, 15) is 19.7 Å². The fraction of sp³-hybridized carbons (Fsp3) is 0.333. The van der Waals surface area contributed by atoms with Gasteiger partial charge in [-0.15, -0.1) is 0 Å². The zero-order valence-corrected chi connectivity index (χ0v) is 16.7. The first-order valence-electron chi connectivity index (χ1n) is 9.41. The Labute approximate surface area is 173 Å². The van der Waals surface area contributed by atoms with E-state index in [0.717, 1.165) is 18.9 Å². The molecule has 1 fully saturated rings. The third kappa shape index (κ3) is 4.35. The maximum atomic E-state index is 13.0. The van der Waals surface area contributed by atoms with Crippen molar-refractivity contribution < 1.29 is 28.7 Å². The Hall–Kier alpha value is -3.62. The molecule has 3 rings (SSSR count). The van der Waals surface area contributed by atoms with Gasteiger partial charge in [0, 0.05) is 24.7 Å². The molecule has 0 aromatic heterocycles. The van der Waals surface area contributed by atoms with E-state index < -0.39 is 22.7 Å². The van der Waals surface area contributed by atoms with Crippen LogP contribution in [0.15, 0.2) is 42.5 Å². The molecular weight excluding hydrogens is 392 g/mol. The molecule has 1 saturated heterocycles. The summed E-state index contributed by atoms with van der Waals surface area (Å²) in [5, 5.41) is 11.5. The molecule has 0 bridgehead atoms. The summed E-state index contributed by atoms with van der Waals surface area (Å²) in [6, 6.07) is 10.9. The first-order chi connectivity index (χ1) is 14.5. The van der Waals surface area contributed by atoms with E-state index in [1.807, 2.05) is 0 Å². The third-order valence-electron chi connectivity index (χ3n) is 4.89. The van der Waals surface area contributed by atoms with Gasteiger partial charge >= 0.3 is 5.97 Å². The Kier molecular flexibility index (Phi) is 6.51. The fourth-order valence-electron chi connectivity index (χ4n) is 3.35. The number of ether oxygens (including phenoxy) is 3. The summed E-state index contributed by atoms with van der Waals surface area (Å²) in [6.45, 7) is 1.16. The summed E-state index contributed by atoms with van der Waals surface area (Å²) in [5.74, 6) is -1.11. The van der Waals surface area contributed by atoms with E-state index in [1.165, 1.54) is 20.3 Å². The Morgan fingerprint density at radius 1 is 1.03 bits per heavy atom. The average molecular weight is 414 g/mol. The molecule has 0 aliphatic carbocycles. The Balaban J connectivity index is 1.97. The maximum Gasteiger partial charge on any atom is 0.346 e. The van der Waals surface area contributed by atoms with Crippen molar-refractivity contribution in [1.29, 1.82) is 0 Å². The normalized spacial score (nSPS) is 14.1. The van der Waals surface area contributed by atoms with Crippen LogP contribution >= 0.6 is 0 Å². The predicted octanol–water partition coefficient (Wildman–Crippen LogP) is 3.13. The molecule has 158 valence electrons. The van der Waals surface area contributed by atoms with Gasteiger partial charge in [0.1, 0.15) is 5.56 Å². The standard InChI is InChI=1S/C21H22N2O7/c1-28-17-12-15(16(23(26)27)13-18(17)29-2)21(25)30-19(14-8-4-3-5-9-14)20(24)22-10-6-7-11-22/h3-5,8-9,12-13,19H,6-7,10-11H2,1-2H3/t19-/m1/s1. The lowest BCUT2D eigenvalue weighted by Gasteiger charge is -2.23. The third-order valence-corrected chi connectivity index (χ3v) is 4.89. The topological polar surface area (TPSA) is 108 Å². The number of hydrogen-bond acceptors (Lipinski definition) is 7. The van der Waals surface area contributed by atoms with E-state index >= 15 is 0 Å². The van der Waals surface area contributed by atoms with E-state index in [0.29, 0.717) is 18.7 Å². The molecule has 0 saturated carbocycles. The Morgan fingerprint density at radius 2 is 1.63 bits per heavy atom. The molecule has 30 heavy (non-hydrogen) atoms. The molecule has 0 unspecified atom stereocenters. The van der Waals surface area contributed by atoms with Crippen LogP contribution in [0, 0.1) is 10.1 Å². The average Bonchev–Trinajstić information content (AvgIpc) is 3.31. The van der Waals surface area contributed by atoms with Crippen molar-refractivity contribution in [2.75, 3.05) is 27.3 Å². The number of nitrogens with zero attached hydrogens (tertiary/aromatic N) is 2. The molecule has 0 radical (unpaired) electrons. The van der Waals surface area contributed by atoms with Crippen LogP contribution in [0.4, 0.5) is 5.69 Å². The summed E-state index contributed by atoms with van der Waals surface area (Å²) in [7, 11) is 2.68. The van der Waals surface area contributed by atoms with E-state index in [1.54, 1.807) is 35.2 Å². The van der Waals surface area contributed by atoms with Gasteiger partial charge in [-0.1, -0.05) is 30.3 Å². The van der Waals surface area contributed by atoms with Crippen LogP contribution in [-0.2, 0) is 9.53 Å². The number of hydrogen-bond donors (Lipinski definition) is 0. The smallest absolute Gasteiger partial charge is 0.346 e. The van der Waals surface area contributed by atoms with Crippen molar-refractivity contribution in [3.63, 3.8) is 0 Å². The minimum absolute atomic E-state index is 0.105. The minimum atomic E-state index is -1.20. The van der Waals surface area contributed by atoms with Crippen LogP contribution in [0.1, 0.15) is 34.9 Å². The van der Waals surface area contributed by atoms with Crippen molar-refractivity contribution in [3.8, 4) is 11.5 Å². The van der Waals surface area contributed by atoms with Crippen molar-refractivity contribution in [3.05, 3.63) is 63.7 Å². The highest BCUT2D eigenvalue weighted by atomic mass is 16.6. The van der Waals surface area contributed by atoms with Crippen molar-refractivity contribution in [2.45, 2.75) is 18.9 Å². The molecule has 1 aliphatic rings. The van der Waals surface area contributed by atoms with Gasteiger partial charge in [-0.25, -0.2) is 4.79 Å². The zero-order valence-electron chi connectivity index (χ0n) is 16.7. The highest BCUT2D eigenvalue weighted by Crippen LogP contribution is 2.36. The number of nitro groups is 1. The van der Waals surface area contributed by atoms with Crippen LogP contribution in [0.3, 0.4) is 0 Å². The summed E-state index contributed by atoms with van der Waals surface area (Å²) < 4.78 is 15.8. The van der Waals surface area contributed by atoms with Crippen LogP contribution in [0.25, 0.3) is 0 Å². The number of carbonyl (C=O) groups excluding carboxylic acids is 2. The fourth-order valence-corrected chi connectivity index (χ4v) is 3.35. The Morgan fingerprint density at radius 3 is 2.20 bits per heavy atom. The first kappa shape index (κ1) is 21.1. The number of amides is 1. The molecule has 1 atom stereocenters. The van der Waals surface area contributed by atoms with Gasteiger partial charge in [0.05, 0.1) is 25.2 Å². The predicted molar refractivity (Wildman–Crippen MR) is 107 cm³/mol. The van der Waals surface area contributed by atoms with Gasteiger partial charge in [-0.2, -0.15) is 0 Å². The highest BCUT2D eigenvalue weighted by molar-refractivity contribution is 5.97. The number of likely N-dealkylation sites (tertiary alicyclic amines) is 1. The van der Waals surface area contributed by atoms with Crippen LogP contribution in [0.5, 0.6) is 11.5 Å². The SMILES string of the molecule is COc1cc(C(=O)O[C@@H](C(=O)N2CCCC2)c2ccccc2)c([N+](=O)[O-])cc1OC. The van der Waals surface area contributed by atoms with E-state index in [-0.39, 0.29) is 23.0 Å². The zero-order chi connectivity index (χ0) is 21.7. The molecule has 1 heterocycles. The lowest BCUT2D eigenvalue weighted by atomic mass is 10.1. The molecule has 0 N–H and O–H groups in total. The van der Waals surface area contributed by atoms with Crippen LogP contribution in [0.2, 0.25) is 0 Å². The lowest BCUT2D eigenvalue weighted by molar-refractivity contribution is -0.385. The number of benzene rings is 2. The Bertz CT molecular complexity index is 940. The molecule has 1 aliphatic heterocycles. The van der Waals surface area contributed by atoms with Gasteiger partial charge < -0.3 is 19.1 Å². The number of nitro benzene ring substituents is 1. The van der Waals surface area contributed by atoms with Crippen LogP contribution in [-0.4, -0.2) is 49.0 Å². The summed E-state index contributed by atoms with van der Waals surface area (Å²) in [6.07, 6.45) is 0.550. The van der Waals surface area contributed by atoms with Gasteiger partial charge in [-0.05, 0) is 12.8 Å². The molecule has 9 heteroatoms. The maximum absolute atomic E-state index is 13.0. The summed E-state index contributed by atoms with van der Waals surface area (Å²) in [5.41, 5.74) is -0.336. The van der Waals surface area contributed by atoms with Crippen molar-refractivity contribution in [2.24, 2.45) is 0 Å². The highest BCUT2D eigenvalue weighted by Gasteiger charge is 2.34. The second-order valence-electron chi connectivity index (χ2n) is 6.71. The molecule has 0 spiro atoms. The molecule has 2 aromatic rings. The van der Waals surface area contributed by atoms with Crippen molar-refractivity contribution in [1.82, 2.24) is 4.90 Å². The second-order valence-corrected chi connectivity index (χ2v) is 6.71. The molecule has 9 nitrogen and oxygen atoms in total. The van der Waals surface area contributed by atoms with Gasteiger partial charge in [0.25, 0.3) is 11.6 Å². The minimum Gasteiger partial charge on any atom is -0.493 e. The summed E-state index contributed by atoms with van der Waals surface area (Å²) >= 11 is 0. The quantitative estimate of drug-likeness (QED) is 0.389. The van der Waals surface area contributed by atoms with Gasteiger partial charge in [-0.3, -0.25) is 14.9 Å². The summed E-state index contributed by atoms with van der Waals surface area (Å²) in [4.78, 5) is 38.4. The number of rotatable bonds is 7. The number of methoxy groups -OCH3 is 2. The van der Waals surface area contributed by atoms with Crippen LogP contribution < -0.4 is 9.47 Å². The molecule has 1 amide bonds. The van der Waals surface area contributed by atoms with E-state index in [4.69, 9.17) is 14.2 Å². The number of esters is 1. The molecule has 2 aromatic carbocycles. The second kappa shape index (κ2) is 9.25. The molecular formula is C21H22N2O7. The lowest BCUT2D eigenvalue weighted by Crippen LogP contribution is -2.35. The van der Waals surface area contributed by atoms with Gasteiger partial charge in [0.15, 0.2) is 11.5 Å². The van der Waals surface area contributed by atoms with Gasteiger partial charge in [0.2, 0.25) is 6.10 Å². The van der Waals surface area contributed by atoms with E-state index in [2.05, 4.69) is 0 Å². The first-order valence-corrected chi connectivity index (χ1v) is 9.41. The van der Waals surface area contributed by atoms with Crippen molar-refractivity contribution >= 4 is 17.6 Å². The monoisotopic (exact) mass is 414 g/mol.